The van der Waals surface area contributed by atoms with Gasteiger partial charge < -0.3 is 10.4 Å². The van der Waals surface area contributed by atoms with Crippen LogP contribution >= 0.6 is 11.8 Å². The van der Waals surface area contributed by atoms with Crippen molar-refractivity contribution in [2.75, 3.05) is 5.75 Å². The monoisotopic (exact) mass is 302 g/mol. The molecule has 5 nitrogen and oxygen atoms in total. The highest BCUT2D eigenvalue weighted by Gasteiger charge is 2.43. The van der Waals surface area contributed by atoms with E-state index < -0.39 is 12.0 Å². The van der Waals surface area contributed by atoms with E-state index in [9.17, 15) is 14.7 Å². The second kappa shape index (κ2) is 7.76. The summed E-state index contributed by atoms with van der Waals surface area (Å²) in [6.07, 6.45) is 2.79. The number of nitrogens with one attached hydrogen (secondary N) is 1. The van der Waals surface area contributed by atoms with Gasteiger partial charge in [-0.25, -0.2) is 9.59 Å². The van der Waals surface area contributed by atoms with Crippen LogP contribution in [0.4, 0.5) is 4.79 Å². The second-order valence-corrected chi connectivity index (χ2v) is 6.72. The highest BCUT2D eigenvalue weighted by atomic mass is 32.2. The molecule has 1 fully saturated rings. The topological polar surface area (TPSA) is 69.6 Å². The quantitative estimate of drug-likeness (QED) is 0.791. The molecule has 0 radical (unpaired) electrons. The van der Waals surface area contributed by atoms with Crippen LogP contribution in [-0.4, -0.2) is 45.2 Å². The Kier molecular flexibility index (Phi) is 6.65. The molecule has 0 aromatic carbocycles. The minimum absolute atomic E-state index is 0.0600. The standard InChI is InChI=1S/C14H26N2O3S/c1-5-7-10(6-2)15-14(19)16-11(13(17)18)8-20-12(16)9(3)4/h9-12H,5-8H2,1-4H3,(H,15,19)(H,17,18). The molecular weight excluding hydrogens is 276 g/mol. The maximum absolute atomic E-state index is 12.5. The number of urea groups is 1. The number of rotatable bonds is 6. The van der Waals surface area contributed by atoms with Gasteiger partial charge in [-0.3, -0.25) is 4.90 Å². The van der Waals surface area contributed by atoms with Crippen LogP contribution in [0.2, 0.25) is 0 Å². The molecule has 116 valence electrons. The van der Waals surface area contributed by atoms with E-state index in [1.54, 1.807) is 11.8 Å². The van der Waals surface area contributed by atoms with Gasteiger partial charge in [-0.05, 0) is 18.8 Å². The third-order valence-corrected chi connectivity index (χ3v) is 5.20. The van der Waals surface area contributed by atoms with Crippen LogP contribution in [0.15, 0.2) is 0 Å². The highest BCUT2D eigenvalue weighted by Crippen LogP contribution is 2.34. The number of carboxylic acids is 1. The lowest BCUT2D eigenvalue weighted by atomic mass is 10.1. The van der Waals surface area contributed by atoms with E-state index in [-0.39, 0.29) is 23.4 Å². The van der Waals surface area contributed by atoms with Gasteiger partial charge in [-0.2, -0.15) is 0 Å². The maximum Gasteiger partial charge on any atom is 0.327 e. The maximum atomic E-state index is 12.5. The van der Waals surface area contributed by atoms with Crippen molar-refractivity contribution >= 4 is 23.8 Å². The number of hydrogen-bond donors (Lipinski definition) is 2. The van der Waals surface area contributed by atoms with E-state index in [0.29, 0.717) is 5.75 Å². The van der Waals surface area contributed by atoms with Crippen LogP contribution in [-0.2, 0) is 4.79 Å². The van der Waals surface area contributed by atoms with E-state index in [4.69, 9.17) is 0 Å². The van der Waals surface area contributed by atoms with Gasteiger partial charge >= 0.3 is 12.0 Å². The molecule has 2 amide bonds. The first-order valence-corrected chi connectivity index (χ1v) is 8.40. The van der Waals surface area contributed by atoms with Crippen LogP contribution in [0.3, 0.4) is 0 Å². The lowest BCUT2D eigenvalue weighted by molar-refractivity contribution is -0.141. The van der Waals surface area contributed by atoms with Crippen LogP contribution in [0.25, 0.3) is 0 Å². The fourth-order valence-corrected chi connectivity index (χ4v) is 3.94. The second-order valence-electron chi connectivity index (χ2n) is 5.57. The van der Waals surface area contributed by atoms with Crippen molar-refractivity contribution < 1.29 is 14.7 Å². The summed E-state index contributed by atoms with van der Waals surface area (Å²) in [4.78, 5) is 25.3. The van der Waals surface area contributed by atoms with E-state index in [1.807, 2.05) is 20.8 Å². The number of nitrogens with zero attached hydrogens (tertiary/aromatic N) is 1. The average Bonchev–Trinajstić information content (AvgIpc) is 2.83. The number of carboxylic acid groups (broad SMARTS) is 1. The SMILES string of the molecule is CCCC(CC)NC(=O)N1C(C(=O)O)CSC1C(C)C. The van der Waals surface area contributed by atoms with Crippen molar-refractivity contribution in [3.63, 3.8) is 0 Å². The molecule has 0 aromatic heterocycles. The largest absolute Gasteiger partial charge is 0.480 e. The van der Waals surface area contributed by atoms with E-state index >= 15 is 0 Å². The summed E-state index contributed by atoms with van der Waals surface area (Å²) in [5.74, 6) is -0.211. The Morgan fingerprint density at radius 1 is 1.40 bits per heavy atom. The average molecular weight is 302 g/mol. The van der Waals surface area contributed by atoms with Crippen molar-refractivity contribution in [2.45, 2.75) is 64.4 Å². The highest BCUT2D eigenvalue weighted by molar-refractivity contribution is 8.00. The van der Waals surface area contributed by atoms with Crippen molar-refractivity contribution in [3.8, 4) is 0 Å². The molecule has 0 saturated carbocycles. The molecule has 2 N–H and O–H groups in total. The third-order valence-electron chi connectivity index (χ3n) is 3.58. The van der Waals surface area contributed by atoms with Gasteiger partial charge in [-0.15, -0.1) is 11.8 Å². The summed E-state index contributed by atoms with van der Waals surface area (Å²) in [6, 6.07) is -0.826. The molecule has 1 heterocycles. The minimum atomic E-state index is -0.917. The number of carbonyl (C=O) groups excluding carboxylic acids is 1. The molecule has 3 atom stereocenters. The molecule has 1 saturated heterocycles. The Hall–Kier alpha value is -0.910. The number of thioether (sulfide) groups is 1. The van der Waals surface area contributed by atoms with Crippen LogP contribution in [0, 0.1) is 5.92 Å². The Morgan fingerprint density at radius 2 is 2.05 bits per heavy atom. The molecule has 1 aliphatic rings. The zero-order chi connectivity index (χ0) is 15.3. The van der Waals surface area contributed by atoms with Gasteiger partial charge in [0.1, 0.15) is 6.04 Å². The van der Waals surface area contributed by atoms with Gasteiger partial charge in [0.15, 0.2) is 0 Å². The lowest BCUT2D eigenvalue weighted by Gasteiger charge is -2.31. The molecule has 0 bridgehead atoms. The van der Waals surface area contributed by atoms with Gasteiger partial charge in [0.25, 0.3) is 0 Å². The first-order valence-electron chi connectivity index (χ1n) is 7.35. The third kappa shape index (κ3) is 4.04. The van der Waals surface area contributed by atoms with Crippen LogP contribution in [0.1, 0.15) is 47.0 Å². The van der Waals surface area contributed by atoms with Crippen molar-refractivity contribution in [2.24, 2.45) is 5.92 Å². The summed E-state index contributed by atoms with van der Waals surface area (Å²) in [5, 5.41) is 12.2. The van der Waals surface area contributed by atoms with Crippen LogP contribution < -0.4 is 5.32 Å². The number of aliphatic carboxylic acids is 1. The van der Waals surface area contributed by atoms with Gasteiger partial charge in [0.2, 0.25) is 0 Å². The predicted molar refractivity (Wildman–Crippen MR) is 81.9 cm³/mol. The molecule has 1 rings (SSSR count). The van der Waals surface area contributed by atoms with Crippen molar-refractivity contribution in [3.05, 3.63) is 0 Å². The molecule has 6 heteroatoms. The molecule has 3 unspecified atom stereocenters. The number of amides is 2. The summed E-state index contributed by atoms with van der Waals surface area (Å²) in [6.45, 7) is 8.16. The predicted octanol–water partition coefficient (Wildman–Crippen LogP) is 2.76. The molecule has 0 aliphatic carbocycles. The lowest BCUT2D eigenvalue weighted by Crippen LogP contribution is -2.53. The summed E-state index contributed by atoms with van der Waals surface area (Å²) >= 11 is 1.56. The Bertz CT molecular complexity index is 349. The first-order chi connectivity index (χ1) is 9.42. The summed E-state index contributed by atoms with van der Waals surface area (Å²) in [5.41, 5.74) is 0. The Balaban J connectivity index is 2.80. The number of hydrogen-bond acceptors (Lipinski definition) is 3. The Morgan fingerprint density at radius 3 is 2.50 bits per heavy atom. The first kappa shape index (κ1) is 17.1. The fraction of sp³-hybridized carbons (Fsp3) is 0.857. The van der Waals surface area contributed by atoms with E-state index in [2.05, 4.69) is 12.2 Å². The van der Waals surface area contributed by atoms with Gasteiger partial charge in [0.05, 0.1) is 5.37 Å². The normalized spacial score (nSPS) is 23.9. The molecule has 0 spiro atoms. The van der Waals surface area contributed by atoms with Gasteiger partial charge in [-0.1, -0.05) is 34.1 Å². The minimum Gasteiger partial charge on any atom is -0.480 e. The smallest absolute Gasteiger partial charge is 0.327 e. The zero-order valence-corrected chi connectivity index (χ0v) is 13.6. The molecule has 0 aromatic rings. The van der Waals surface area contributed by atoms with Crippen molar-refractivity contribution in [1.82, 2.24) is 10.2 Å². The molecular formula is C14H26N2O3S. The van der Waals surface area contributed by atoms with Crippen molar-refractivity contribution in [1.29, 1.82) is 0 Å². The number of carbonyl (C=O) groups is 2. The Labute approximate surface area is 125 Å². The molecule has 20 heavy (non-hydrogen) atoms. The fourth-order valence-electron chi connectivity index (χ4n) is 2.46. The summed E-state index contributed by atoms with van der Waals surface area (Å²) < 4.78 is 0. The van der Waals surface area contributed by atoms with E-state index in [0.717, 1.165) is 19.3 Å². The molecule has 1 aliphatic heterocycles. The van der Waals surface area contributed by atoms with Crippen LogP contribution in [0.5, 0.6) is 0 Å². The van der Waals surface area contributed by atoms with Gasteiger partial charge in [0, 0.05) is 11.8 Å². The summed E-state index contributed by atoms with van der Waals surface area (Å²) in [7, 11) is 0. The van der Waals surface area contributed by atoms with E-state index in [1.165, 1.54) is 4.90 Å². The zero-order valence-electron chi connectivity index (χ0n) is 12.8.